The van der Waals surface area contributed by atoms with Crippen LogP contribution >= 0.6 is 11.6 Å². The monoisotopic (exact) mass is 456 g/mol. The molecule has 0 saturated heterocycles. The molecule has 3 rings (SSSR count). The first-order chi connectivity index (χ1) is 13.5. The van der Waals surface area contributed by atoms with Crippen LogP contribution in [0.1, 0.15) is 44.9 Å². The molecular weight excluding hydrogens is 432 g/mol. The summed E-state index contributed by atoms with van der Waals surface area (Å²) < 4.78 is 118. The van der Waals surface area contributed by atoms with Crippen LogP contribution in [0.2, 0.25) is 0 Å². The fourth-order valence-electron chi connectivity index (χ4n) is 5.11. The first kappa shape index (κ1) is 23.4. The number of hydrogen-bond donors (Lipinski definition) is 0. The van der Waals surface area contributed by atoms with Crippen molar-refractivity contribution in [3.8, 4) is 0 Å². The van der Waals surface area contributed by atoms with Crippen molar-refractivity contribution in [2.45, 2.75) is 99.6 Å². The second-order valence-corrected chi connectivity index (χ2v) is 9.23. The van der Waals surface area contributed by atoms with Crippen molar-refractivity contribution in [1.82, 2.24) is 0 Å². The molecular formula is C19H25ClF8O. The first-order valence-corrected chi connectivity index (χ1v) is 10.5. The fraction of sp³-hybridized carbons (Fsp3) is 1.00. The zero-order chi connectivity index (χ0) is 21.5. The van der Waals surface area contributed by atoms with Gasteiger partial charge in [-0.05, 0) is 38.0 Å². The second kappa shape index (κ2) is 9.05. The quantitative estimate of drug-likeness (QED) is 0.360. The maximum absolute atomic E-state index is 14.6. The van der Waals surface area contributed by atoms with Gasteiger partial charge in [-0.2, -0.15) is 8.78 Å². The lowest BCUT2D eigenvalue weighted by molar-refractivity contribution is -0.321. The van der Waals surface area contributed by atoms with Crippen molar-refractivity contribution in [2.24, 2.45) is 17.8 Å². The number of halogens is 9. The summed E-state index contributed by atoms with van der Waals surface area (Å²) in [5, 5.41) is -0.910. The van der Waals surface area contributed by atoms with Crippen molar-refractivity contribution in [3.05, 3.63) is 0 Å². The number of rotatable bonds is 4. The molecule has 0 amide bonds. The van der Waals surface area contributed by atoms with Gasteiger partial charge in [0, 0.05) is 24.1 Å². The predicted octanol–water partition coefficient (Wildman–Crippen LogP) is 6.22. The molecule has 3 saturated carbocycles. The van der Waals surface area contributed by atoms with Gasteiger partial charge in [0.1, 0.15) is 42.9 Å². The Bertz CT molecular complexity index is 530. The third kappa shape index (κ3) is 5.13. The Kier molecular flexibility index (Phi) is 7.29. The lowest BCUT2D eigenvalue weighted by atomic mass is 9.70. The van der Waals surface area contributed by atoms with Gasteiger partial charge in [-0.3, -0.25) is 0 Å². The molecule has 0 N–H and O–H groups in total. The highest BCUT2D eigenvalue weighted by Crippen LogP contribution is 2.47. The van der Waals surface area contributed by atoms with Gasteiger partial charge in [-0.1, -0.05) is 0 Å². The first-order valence-electron chi connectivity index (χ1n) is 10.0. The largest absolute Gasteiger partial charge is 0.364 e. The highest BCUT2D eigenvalue weighted by Gasteiger charge is 2.56. The van der Waals surface area contributed by atoms with E-state index in [9.17, 15) is 35.1 Å². The standard InChI is InChI=1S/C19H25ClF8O/c20-9-4-15(25)18(16(26)5-9)19(27,28)29-10-6-13(23)17(14(24)7-10)8-1-2-11(21)12(22)3-8/h8-18H,1-7H2. The van der Waals surface area contributed by atoms with Gasteiger partial charge in [0.15, 0.2) is 0 Å². The highest BCUT2D eigenvalue weighted by atomic mass is 35.5. The van der Waals surface area contributed by atoms with Gasteiger partial charge in [-0.15, -0.1) is 11.6 Å². The minimum Gasteiger partial charge on any atom is -0.317 e. The van der Waals surface area contributed by atoms with E-state index in [0.717, 1.165) is 0 Å². The minimum absolute atomic E-state index is 0.115. The molecule has 3 fully saturated rings. The molecule has 0 aromatic rings. The molecule has 1 nitrogen and oxygen atoms in total. The smallest absolute Gasteiger partial charge is 0.317 e. The summed E-state index contributed by atoms with van der Waals surface area (Å²) in [7, 11) is 0. The van der Waals surface area contributed by atoms with E-state index >= 15 is 0 Å². The normalized spacial score (nSPS) is 49.8. The average molecular weight is 457 g/mol. The molecule has 0 aromatic carbocycles. The Balaban J connectivity index is 1.62. The molecule has 7 unspecified atom stereocenters. The molecule has 170 valence electrons. The van der Waals surface area contributed by atoms with Crippen LogP contribution in [-0.4, -0.2) is 54.6 Å². The van der Waals surface area contributed by atoms with Crippen LogP contribution in [0.3, 0.4) is 0 Å². The van der Waals surface area contributed by atoms with E-state index in [1.165, 1.54) is 0 Å². The molecule has 0 spiro atoms. The number of hydrogen-bond acceptors (Lipinski definition) is 1. The summed E-state index contributed by atoms with van der Waals surface area (Å²) in [6.07, 6.45) is -20.0. The SMILES string of the molecule is FC1CCC(C2C(F)CC(OC(F)(F)C3C(F)CC(Cl)CC3F)CC2F)CC1F. The van der Waals surface area contributed by atoms with Crippen molar-refractivity contribution in [1.29, 1.82) is 0 Å². The molecule has 0 aromatic heterocycles. The van der Waals surface area contributed by atoms with Gasteiger partial charge in [0.25, 0.3) is 0 Å². The topological polar surface area (TPSA) is 9.23 Å². The van der Waals surface area contributed by atoms with Crippen LogP contribution in [0.5, 0.6) is 0 Å². The van der Waals surface area contributed by atoms with E-state index in [2.05, 4.69) is 4.74 Å². The summed E-state index contributed by atoms with van der Waals surface area (Å²) >= 11 is 5.65. The van der Waals surface area contributed by atoms with Crippen LogP contribution in [0.4, 0.5) is 35.1 Å². The molecule has 0 bridgehead atoms. The van der Waals surface area contributed by atoms with Crippen molar-refractivity contribution in [3.63, 3.8) is 0 Å². The van der Waals surface area contributed by atoms with E-state index in [4.69, 9.17) is 11.6 Å². The molecule has 0 radical (unpaired) electrons. The van der Waals surface area contributed by atoms with Crippen molar-refractivity contribution >= 4 is 11.6 Å². The summed E-state index contributed by atoms with van der Waals surface area (Å²) in [6.45, 7) is 0. The zero-order valence-corrected chi connectivity index (χ0v) is 16.4. The number of ether oxygens (including phenoxy) is 1. The van der Waals surface area contributed by atoms with Crippen LogP contribution < -0.4 is 0 Å². The van der Waals surface area contributed by atoms with Crippen LogP contribution in [0, 0.1) is 17.8 Å². The van der Waals surface area contributed by atoms with E-state index in [1.807, 2.05) is 0 Å². The molecule has 0 heterocycles. The Hall–Kier alpha value is -0.310. The van der Waals surface area contributed by atoms with E-state index in [1.54, 1.807) is 0 Å². The van der Waals surface area contributed by atoms with Gasteiger partial charge in [0.2, 0.25) is 0 Å². The maximum Gasteiger partial charge on any atom is 0.364 e. The molecule has 29 heavy (non-hydrogen) atoms. The minimum atomic E-state index is -4.25. The lowest BCUT2D eigenvalue weighted by Crippen LogP contribution is -2.52. The van der Waals surface area contributed by atoms with Crippen LogP contribution in [0.25, 0.3) is 0 Å². The maximum atomic E-state index is 14.6. The van der Waals surface area contributed by atoms with Gasteiger partial charge < -0.3 is 4.74 Å². The van der Waals surface area contributed by atoms with E-state index in [-0.39, 0.29) is 19.3 Å². The van der Waals surface area contributed by atoms with Crippen LogP contribution in [-0.2, 0) is 4.74 Å². The highest BCUT2D eigenvalue weighted by molar-refractivity contribution is 6.20. The summed E-state index contributed by atoms with van der Waals surface area (Å²) in [5.41, 5.74) is 0. The third-order valence-corrected chi connectivity index (χ3v) is 6.90. The molecule has 3 aliphatic rings. The summed E-state index contributed by atoms with van der Waals surface area (Å²) in [6, 6.07) is 0. The second-order valence-electron chi connectivity index (χ2n) is 8.61. The van der Waals surface area contributed by atoms with Gasteiger partial charge in [-0.25, -0.2) is 26.3 Å². The third-order valence-electron chi connectivity index (χ3n) is 6.54. The Labute approximate surface area is 169 Å². The molecule has 10 heteroatoms. The van der Waals surface area contributed by atoms with Gasteiger partial charge >= 0.3 is 6.11 Å². The van der Waals surface area contributed by atoms with Crippen molar-refractivity contribution in [2.75, 3.05) is 0 Å². The number of alkyl halides is 9. The Morgan fingerprint density at radius 2 is 1.21 bits per heavy atom. The van der Waals surface area contributed by atoms with Crippen molar-refractivity contribution < 1.29 is 39.9 Å². The molecule has 0 aliphatic heterocycles. The fourth-order valence-corrected chi connectivity index (χ4v) is 5.45. The van der Waals surface area contributed by atoms with E-state index in [0.29, 0.717) is 0 Å². The van der Waals surface area contributed by atoms with Crippen LogP contribution in [0.15, 0.2) is 0 Å². The zero-order valence-electron chi connectivity index (χ0n) is 15.6. The average Bonchev–Trinajstić information content (AvgIpc) is 2.55. The van der Waals surface area contributed by atoms with Gasteiger partial charge in [0.05, 0.1) is 6.10 Å². The Morgan fingerprint density at radius 3 is 1.72 bits per heavy atom. The summed E-state index contributed by atoms with van der Waals surface area (Å²) in [4.78, 5) is 0. The van der Waals surface area contributed by atoms with E-state index < -0.39 is 98.1 Å². The summed E-state index contributed by atoms with van der Waals surface area (Å²) in [5.74, 6) is -4.35. The molecule has 3 aliphatic carbocycles. The molecule has 7 atom stereocenters. The lowest BCUT2D eigenvalue weighted by Gasteiger charge is -2.43. The predicted molar refractivity (Wildman–Crippen MR) is 91.6 cm³/mol. The Morgan fingerprint density at radius 1 is 0.655 bits per heavy atom.